The van der Waals surface area contributed by atoms with Crippen LogP contribution >= 0.6 is 0 Å². The van der Waals surface area contributed by atoms with Gasteiger partial charge in [-0.15, -0.1) is 5.10 Å². The Balaban J connectivity index is 2.27. The molecule has 82 valence electrons. The van der Waals surface area contributed by atoms with Gasteiger partial charge in [0.15, 0.2) is 0 Å². The molecule has 5 heteroatoms. The van der Waals surface area contributed by atoms with Crippen molar-refractivity contribution in [3.63, 3.8) is 0 Å². The fourth-order valence-corrected chi connectivity index (χ4v) is 1.32. The Kier molecular flexibility index (Phi) is 2.59. The largest absolute Gasteiger partial charge is 0.497 e. The molecule has 2 rings (SSSR count). The van der Waals surface area contributed by atoms with Crippen LogP contribution in [0.4, 0.5) is 5.82 Å². The number of nitrogen functional groups attached to an aromatic ring is 1. The SMILES string of the molecule is COc1ccc(C(=O)n2ccc(N)n2)cc1. The second-order valence-electron chi connectivity index (χ2n) is 3.22. The molecule has 2 aromatic rings. The Morgan fingerprint density at radius 2 is 2.00 bits per heavy atom. The van der Waals surface area contributed by atoms with E-state index in [1.807, 2.05) is 0 Å². The van der Waals surface area contributed by atoms with Crippen LogP contribution in [-0.4, -0.2) is 22.8 Å². The minimum Gasteiger partial charge on any atom is -0.497 e. The molecule has 16 heavy (non-hydrogen) atoms. The molecule has 0 bridgehead atoms. The first-order chi connectivity index (χ1) is 7.70. The first-order valence-corrected chi connectivity index (χ1v) is 4.70. The van der Waals surface area contributed by atoms with Gasteiger partial charge in [-0.3, -0.25) is 4.79 Å². The van der Waals surface area contributed by atoms with E-state index in [9.17, 15) is 4.79 Å². The summed E-state index contributed by atoms with van der Waals surface area (Å²) >= 11 is 0. The highest BCUT2D eigenvalue weighted by atomic mass is 16.5. The third-order valence-corrected chi connectivity index (χ3v) is 2.15. The van der Waals surface area contributed by atoms with Crippen molar-refractivity contribution in [3.05, 3.63) is 42.1 Å². The zero-order chi connectivity index (χ0) is 11.5. The van der Waals surface area contributed by atoms with E-state index in [1.165, 1.54) is 10.9 Å². The van der Waals surface area contributed by atoms with Gasteiger partial charge in [0.25, 0.3) is 5.91 Å². The van der Waals surface area contributed by atoms with E-state index in [0.717, 1.165) is 0 Å². The lowest BCUT2D eigenvalue weighted by Gasteiger charge is -2.02. The summed E-state index contributed by atoms with van der Waals surface area (Å²) in [5, 5.41) is 3.84. The van der Waals surface area contributed by atoms with E-state index in [2.05, 4.69) is 5.10 Å². The molecule has 1 aromatic carbocycles. The van der Waals surface area contributed by atoms with Crippen LogP contribution in [0.3, 0.4) is 0 Å². The Labute approximate surface area is 92.4 Å². The molecule has 0 atom stereocenters. The molecule has 5 nitrogen and oxygen atoms in total. The zero-order valence-corrected chi connectivity index (χ0v) is 8.75. The number of nitrogens with zero attached hydrogens (tertiary/aromatic N) is 2. The van der Waals surface area contributed by atoms with Gasteiger partial charge < -0.3 is 10.5 Å². The van der Waals surface area contributed by atoms with E-state index in [1.54, 1.807) is 37.4 Å². The third kappa shape index (κ3) is 1.88. The number of nitrogens with two attached hydrogens (primary N) is 1. The average molecular weight is 217 g/mol. The van der Waals surface area contributed by atoms with E-state index < -0.39 is 0 Å². The third-order valence-electron chi connectivity index (χ3n) is 2.15. The number of methoxy groups -OCH3 is 1. The fraction of sp³-hybridized carbons (Fsp3) is 0.0909. The molecule has 0 saturated heterocycles. The van der Waals surface area contributed by atoms with Crippen LogP contribution in [0, 0.1) is 0 Å². The summed E-state index contributed by atoms with van der Waals surface area (Å²) in [4.78, 5) is 11.9. The Morgan fingerprint density at radius 1 is 1.31 bits per heavy atom. The molecule has 2 N–H and O–H groups in total. The minimum absolute atomic E-state index is 0.223. The van der Waals surface area contributed by atoms with Gasteiger partial charge in [0.2, 0.25) is 0 Å². The van der Waals surface area contributed by atoms with Crippen molar-refractivity contribution < 1.29 is 9.53 Å². The van der Waals surface area contributed by atoms with Crippen molar-refractivity contribution in [1.82, 2.24) is 9.78 Å². The van der Waals surface area contributed by atoms with Crippen molar-refractivity contribution in [1.29, 1.82) is 0 Å². The molecule has 0 aliphatic carbocycles. The molecular weight excluding hydrogens is 206 g/mol. The Bertz CT molecular complexity index is 502. The minimum atomic E-state index is -0.223. The highest BCUT2D eigenvalue weighted by molar-refractivity contribution is 5.95. The van der Waals surface area contributed by atoms with Crippen LogP contribution in [0.2, 0.25) is 0 Å². The molecule has 0 spiro atoms. The number of benzene rings is 1. The van der Waals surface area contributed by atoms with Gasteiger partial charge in [0.1, 0.15) is 11.6 Å². The van der Waals surface area contributed by atoms with Crippen molar-refractivity contribution in [2.75, 3.05) is 12.8 Å². The lowest BCUT2D eigenvalue weighted by Crippen LogP contribution is -2.12. The van der Waals surface area contributed by atoms with Gasteiger partial charge in [-0.05, 0) is 24.3 Å². The van der Waals surface area contributed by atoms with Crippen molar-refractivity contribution in [2.45, 2.75) is 0 Å². The van der Waals surface area contributed by atoms with Crippen LogP contribution < -0.4 is 10.5 Å². The topological polar surface area (TPSA) is 70.1 Å². The summed E-state index contributed by atoms with van der Waals surface area (Å²) in [5.74, 6) is 0.803. The molecule has 0 saturated carbocycles. The maximum atomic E-state index is 11.9. The average Bonchev–Trinajstić information content (AvgIpc) is 2.75. The normalized spacial score (nSPS) is 10.1. The number of ether oxygens (including phenoxy) is 1. The molecule has 0 aliphatic heterocycles. The first-order valence-electron chi connectivity index (χ1n) is 4.70. The van der Waals surface area contributed by atoms with Crippen molar-refractivity contribution >= 4 is 11.7 Å². The summed E-state index contributed by atoms with van der Waals surface area (Å²) in [6.45, 7) is 0. The van der Waals surface area contributed by atoms with Gasteiger partial charge in [0.05, 0.1) is 7.11 Å². The van der Waals surface area contributed by atoms with Crippen LogP contribution in [0.15, 0.2) is 36.5 Å². The van der Waals surface area contributed by atoms with E-state index in [0.29, 0.717) is 17.1 Å². The molecule has 1 heterocycles. The molecule has 0 aliphatic rings. The quantitative estimate of drug-likeness (QED) is 0.819. The molecule has 1 aromatic heterocycles. The summed E-state index contributed by atoms with van der Waals surface area (Å²) in [5.41, 5.74) is 5.97. The first kappa shape index (κ1) is 10.2. The second-order valence-corrected chi connectivity index (χ2v) is 3.22. The number of anilines is 1. The van der Waals surface area contributed by atoms with Gasteiger partial charge in [-0.2, -0.15) is 0 Å². The highest BCUT2D eigenvalue weighted by Gasteiger charge is 2.09. The van der Waals surface area contributed by atoms with E-state index in [-0.39, 0.29) is 5.91 Å². The smallest absolute Gasteiger partial charge is 0.278 e. The van der Waals surface area contributed by atoms with Gasteiger partial charge >= 0.3 is 0 Å². The predicted molar refractivity (Wildman–Crippen MR) is 59.4 cm³/mol. The Hall–Kier alpha value is -2.30. The van der Waals surface area contributed by atoms with Crippen molar-refractivity contribution in [2.24, 2.45) is 0 Å². The van der Waals surface area contributed by atoms with Crippen LogP contribution in [0.25, 0.3) is 0 Å². The number of carbonyl (C=O) groups is 1. The monoisotopic (exact) mass is 217 g/mol. The van der Waals surface area contributed by atoms with Gasteiger partial charge in [-0.1, -0.05) is 0 Å². The fourth-order valence-electron chi connectivity index (χ4n) is 1.32. The van der Waals surface area contributed by atoms with Gasteiger partial charge in [-0.25, -0.2) is 4.68 Å². The second kappa shape index (κ2) is 4.06. The summed E-state index contributed by atoms with van der Waals surface area (Å²) in [7, 11) is 1.57. The van der Waals surface area contributed by atoms with E-state index >= 15 is 0 Å². The lowest BCUT2D eigenvalue weighted by atomic mass is 10.2. The number of rotatable bonds is 2. The predicted octanol–water partition coefficient (Wildman–Crippen LogP) is 1.16. The summed E-state index contributed by atoms with van der Waals surface area (Å²) < 4.78 is 6.21. The maximum Gasteiger partial charge on any atom is 0.278 e. The summed E-state index contributed by atoms with van der Waals surface area (Å²) in [6.07, 6.45) is 1.53. The number of aromatic nitrogens is 2. The summed E-state index contributed by atoms with van der Waals surface area (Å²) in [6, 6.07) is 8.37. The van der Waals surface area contributed by atoms with Crippen LogP contribution in [-0.2, 0) is 0 Å². The molecule has 0 fully saturated rings. The van der Waals surface area contributed by atoms with Crippen LogP contribution in [0.1, 0.15) is 10.4 Å². The Morgan fingerprint density at radius 3 is 2.50 bits per heavy atom. The standard InChI is InChI=1S/C11H11N3O2/c1-16-9-4-2-8(3-5-9)11(15)14-7-6-10(12)13-14/h2-7H,1H3,(H2,12,13). The number of hydrogen-bond acceptors (Lipinski definition) is 4. The number of hydrogen-bond donors (Lipinski definition) is 1. The maximum absolute atomic E-state index is 11.9. The highest BCUT2D eigenvalue weighted by Crippen LogP contribution is 2.12. The van der Waals surface area contributed by atoms with Crippen LogP contribution in [0.5, 0.6) is 5.75 Å². The molecule has 0 unspecified atom stereocenters. The van der Waals surface area contributed by atoms with Crippen molar-refractivity contribution in [3.8, 4) is 5.75 Å². The molecule has 0 radical (unpaired) electrons. The van der Waals surface area contributed by atoms with E-state index in [4.69, 9.17) is 10.5 Å². The zero-order valence-electron chi connectivity index (χ0n) is 8.75. The molecule has 0 amide bonds. The lowest BCUT2D eigenvalue weighted by molar-refractivity contribution is 0.0945. The molecular formula is C11H11N3O2. The number of carbonyl (C=O) groups excluding carboxylic acids is 1. The van der Waals surface area contributed by atoms with Gasteiger partial charge in [0, 0.05) is 17.8 Å².